The van der Waals surface area contributed by atoms with Crippen LogP contribution in [-0.2, 0) is 0 Å². The molecule has 1 aromatic rings. The maximum atomic E-state index is 3.78. The SMILES string of the molecule is [Xe].c1ccncc1. The smallest absolute Gasteiger partial charge is 0.0267 e. The van der Waals surface area contributed by atoms with E-state index in [1.807, 2.05) is 18.2 Å². The van der Waals surface area contributed by atoms with E-state index in [-0.39, 0.29) is 48.9 Å². The third-order valence-electron chi connectivity index (χ3n) is 0.566. The largest absolute Gasteiger partial charge is 0.265 e. The fourth-order valence-corrected chi connectivity index (χ4v) is 0.313. The molecule has 2 heteroatoms. The second-order valence-electron chi connectivity index (χ2n) is 1.02. The predicted molar refractivity (Wildman–Crippen MR) is 24.2 cm³/mol. The molecule has 0 N–H and O–H groups in total. The topological polar surface area (TPSA) is 12.9 Å². The van der Waals surface area contributed by atoms with Crippen LogP contribution in [0.15, 0.2) is 30.6 Å². The van der Waals surface area contributed by atoms with Gasteiger partial charge in [-0.3, -0.25) is 4.98 Å². The minimum Gasteiger partial charge on any atom is -0.265 e. The van der Waals surface area contributed by atoms with Crippen LogP contribution >= 0.6 is 0 Å². The molecular weight excluding hydrogens is 205 g/mol. The van der Waals surface area contributed by atoms with Gasteiger partial charge in [-0.2, -0.15) is 0 Å². The van der Waals surface area contributed by atoms with Gasteiger partial charge in [0, 0.05) is 61.3 Å². The van der Waals surface area contributed by atoms with Gasteiger partial charge in [-0.05, 0) is 12.1 Å². The fourth-order valence-electron chi connectivity index (χ4n) is 0.313. The Labute approximate surface area is 83.2 Å². The van der Waals surface area contributed by atoms with Gasteiger partial charge in [-0.25, -0.2) is 0 Å². The number of hydrogen-bond acceptors (Lipinski definition) is 1. The van der Waals surface area contributed by atoms with E-state index >= 15 is 0 Å². The quantitative estimate of drug-likeness (QED) is 0.624. The van der Waals surface area contributed by atoms with E-state index in [1.54, 1.807) is 12.4 Å². The molecule has 1 rings (SSSR count). The van der Waals surface area contributed by atoms with Crippen LogP contribution in [0, 0.1) is 48.9 Å². The molecule has 0 aliphatic carbocycles. The van der Waals surface area contributed by atoms with E-state index in [9.17, 15) is 0 Å². The molecule has 0 aliphatic heterocycles. The first-order valence-corrected chi connectivity index (χ1v) is 1.85. The Morgan fingerprint density at radius 2 is 1.43 bits per heavy atom. The maximum absolute atomic E-state index is 3.78. The van der Waals surface area contributed by atoms with Crippen molar-refractivity contribution in [2.45, 2.75) is 0 Å². The molecule has 0 bridgehead atoms. The van der Waals surface area contributed by atoms with E-state index in [4.69, 9.17) is 0 Å². The Morgan fingerprint density at radius 1 is 0.857 bits per heavy atom. The van der Waals surface area contributed by atoms with Crippen LogP contribution in [0.4, 0.5) is 0 Å². The molecule has 0 fully saturated rings. The van der Waals surface area contributed by atoms with Gasteiger partial charge < -0.3 is 0 Å². The number of pyridine rings is 1. The molecule has 0 spiro atoms. The van der Waals surface area contributed by atoms with Gasteiger partial charge in [0.2, 0.25) is 0 Å². The molecule has 0 aromatic carbocycles. The number of rotatable bonds is 0. The molecule has 0 unspecified atom stereocenters. The third-order valence-corrected chi connectivity index (χ3v) is 0.566. The Kier molecular flexibility index (Phi) is 5.37. The van der Waals surface area contributed by atoms with Gasteiger partial charge in [-0.15, -0.1) is 0 Å². The van der Waals surface area contributed by atoms with E-state index < -0.39 is 0 Å². The first-order chi connectivity index (χ1) is 3.00. The van der Waals surface area contributed by atoms with Crippen molar-refractivity contribution in [3.63, 3.8) is 0 Å². The Balaban J connectivity index is 0.000000360. The van der Waals surface area contributed by atoms with Crippen LogP contribution in [0.1, 0.15) is 0 Å². The zero-order valence-corrected chi connectivity index (χ0v) is 5.71. The zero-order valence-electron chi connectivity index (χ0n) is 3.69. The van der Waals surface area contributed by atoms with Crippen LogP contribution in [0.3, 0.4) is 0 Å². The van der Waals surface area contributed by atoms with Gasteiger partial charge in [0.05, 0.1) is 0 Å². The summed E-state index contributed by atoms with van der Waals surface area (Å²) in [4.78, 5) is 3.78. The molecule has 0 saturated heterocycles. The molecule has 1 nitrogen and oxygen atoms in total. The summed E-state index contributed by atoms with van der Waals surface area (Å²) in [5.41, 5.74) is 0. The van der Waals surface area contributed by atoms with Crippen LogP contribution in [-0.4, -0.2) is 4.98 Å². The maximum Gasteiger partial charge on any atom is 0.0267 e. The Bertz CT molecular complexity index is 80.0. The third kappa shape index (κ3) is 3.32. The molecule has 0 atom stereocenters. The van der Waals surface area contributed by atoms with Crippen LogP contribution in [0.2, 0.25) is 0 Å². The standard InChI is InChI=1S/C5H5N.Xe/c1-2-4-6-5-3-1;/h1-5H;. The Morgan fingerprint density at radius 3 is 1.57 bits per heavy atom. The number of hydrogen-bond donors (Lipinski definition) is 0. The summed E-state index contributed by atoms with van der Waals surface area (Å²) in [6.07, 6.45) is 3.50. The molecule has 0 aliphatic rings. The molecule has 7 heavy (non-hydrogen) atoms. The van der Waals surface area contributed by atoms with Crippen molar-refractivity contribution < 1.29 is 48.9 Å². The first-order valence-electron chi connectivity index (χ1n) is 1.85. The van der Waals surface area contributed by atoms with Gasteiger partial charge in [0.15, 0.2) is 0 Å². The van der Waals surface area contributed by atoms with E-state index in [2.05, 4.69) is 4.98 Å². The first kappa shape index (κ1) is 7.72. The minimum atomic E-state index is 0. The van der Waals surface area contributed by atoms with E-state index in [0.29, 0.717) is 0 Å². The number of nitrogens with zero attached hydrogens (tertiary/aromatic N) is 1. The van der Waals surface area contributed by atoms with Gasteiger partial charge >= 0.3 is 0 Å². The monoisotopic (exact) mass is 211 g/mol. The summed E-state index contributed by atoms with van der Waals surface area (Å²) in [6, 6.07) is 5.72. The molecular formula is C5H5NXe. The summed E-state index contributed by atoms with van der Waals surface area (Å²) in [5, 5.41) is 0. The van der Waals surface area contributed by atoms with Crippen molar-refractivity contribution in [1.29, 1.82) is 0 Å². The summed E-state index contributed by atoms with van der Waals surface area (Å²) in [6.45, 7) is 0. The molecule has 1 aromatic heterocycles. The van der Waals surface area contributed by atoms with Crippen LogP contribution < -0.4 is 0 Å². The van der Waals surface area contributed by atoms with Crippen molar-refractivity contribution in [1.82, 2.24) is 4.98 Å². The molecule has 38 valence electrons. The van der Waals surface area contributed by atoms with E-state index in [0.717, 1.165) is 0 Å². The average molecular weight is 210 g/mol. The Hall–Kier alpha value is 0.721. The summed E-state index contributed by atoms with van der Waals surface area (Å²) in [7, 11) is 0. The van der Waals surface area contributed by atoms with Crippen molar-refractivity contribution >= 4 is 0 Å². The van der Waals surface area contributed by atoms with Gasteiger partial charge in [-0.1, -0.05) is 6.07 Å². The number of aromatic nitrogens is 1. The molecule has 1 heterocycles. The zero-order chi connectivity index (χ0) is 4.24. The van der Waals surface area contributed by atoms with Gasteiger partial charge in [0.1, 0.15) is 0 Å². The van der Waals surface area contributed by atoms with Gasteiger partial charge in [0.25, 0.3) is 0 Å². The predicted octanol–water partition coefficient (Wildman–Crippen LogP) is 1.08. The van der Waals surface area contributed by atoms with Crippen molar-refractivity contribution in [3.8, 4) is 0 Å². The van der Waals surface area contributed by atoms with Crippen molar-refractivity contribution in [3.05, 3.63) is 30.6 Å². The fraction of sp³-hybridized carbons (Fsp3) is 0. The normalized spacial score (nSPS) is 6.86. The average Bonchev–Trinajstić information content (AvgIpc) is 1.72. The minimum absolute atomic E-state index is 0. The van der Waals surface area contributed by atoms with E-state index in [1.165, 1.54) is 0 Å². The van der Waals surface area contributed by atoms with Crippen molar-refractivity contribution in [2.24, 2.45) is 0 Å². The second-order valence-corrected chi connectivity index (χ2v) is 1.02. The summed E-state index contributed by atoms with van der Waals surface area (Å²) in [5.74, 6) is 0. The molecule has 0 radical (unpaired) electrons. The van der Waals surface area contributed by atoms with Crippen LogP contribution in [0.25, 0.3) is 0 Å². The van der Waals surface area contributed by atoms with Crippen LogP contribution in [0.5, 0.6) is 0 Å². The van der Waals surface area contributed by atoms with Crippen molar-refractivity contribution in [2.75, 3.05) is 0 Å². The second kappa shape index (κ2) is 4.87. The summed E-state index contributed by atoms with van der Waals surface area (Å²) < 4.78 is 0. The molecule has 0 amide bonds. The summed E-state index contributed by atoms with van der Waals surface area (Å²) >= 11 is 0. The molecule has 0 saturated carbocycles.